The number of nitrogens with one attached hydrogen (secondary N) is 1. The van der Waals surface area contributed by atoms with Gasteiger partial charge in [-0.1, -0.05) is 0 Å². The molecule has 0 bridgehead atoms. The van der Waals surface area contributed by atoms with Crippen LogP contribution in [-0.4, -0.2) is 41.6 Å². The second kappa shape index (κ2) is 5.31. The molecule has 0 saturated heterocycles. The summed E-state index contributed by atoms with van der Waals surface area (Å²) in [5, 5.41) is 2.17. The molecule has 0 atom stereocenters. The van der Waals surface area contributed by atoms with Crippen molar-refractivity contribution in [1.29, 1.82) is 0 Å². The van der Waals surface area contributed by atoms with Crippen LogP contribution < -0.4 is 11.3 Å². The van der Waals surface area contributed by atoms with E-state index < -0.39 is 47.2 Å². The number of carbonyl (C=O) groups excluding carboxylic acids is 1. The molecular formula is C10H9N3O8S2. The summed E-state index contributed by atoms with van der Waals surface area (Å²) < 4.78 is 63.7. The van der Waals surface area contributed by atoms with Gasteiger partial charge in [-0.05, 0) is 18.2 Å². The highest BCUT2D eigenvalue weighted by Crippen LogP contribution is 2.22. The molecule has 0 unspecified atom stereocenters. The van der Waals surface area contributed by atoms with E-state index in [1.807, 2.05) is 0 Å². The third-order valence-corrected chi connectivity index (χ3v) is 4.48. The van der Waals surface area contributed by atoms with Crippen LogP contribution in [0.1, 0.15) is 10.5 Å². The predicted molar refractivity (Wildman–Crippen MR) is 74.5 cm³/mol. The van der Waals surface area contributed by atoms with E-state index in [1.165, 1.54) is 0 Å². The Morgan fingerprint density at radius 3 is 2.13 bits per heavy atom. The van der Waals surface area contributed by atoms with Crippen molar-refractivity contribution in [3.63, 3.8) is 0 Å². The summed E-state index contributed by atoms with van der Waals surface area (Å²) in [6, 6.07) is 2.76. The molecule has 1 aromatic heterocycles. The number of hydrogen-bond donors (Lipinski definition) is 4. The number of H-pyrrole nitrogens is 1. The molecular weight excluding hydrogens is 354 g/mol. The van der Waals surface area contributed by atoms with Crippen molar-refractivity contribution in [3.05, 3.63) is 40.3 Å². The lowest BCUT2D eigenvalue weighted by Gasteiger charge is -2.09. The zero-order valence-electron chi connectivity index (χ0n) is 11.0. The monoisotopic (exact) mass is 363 g/mol. The highest BCUT2D eigenvalue weighted by atomic mass is 32.2. The number of nitrogens with two attached hydrogens (primary N) is 1. The van der Waals surface area contributed by atoms with Gasteiger partial charge in [0.25, 0.3) is 31.7 Å². The van der Waals surface area contributed by atoms with Crippen LogP contribution in [0.5, 0.6) is 0 Å². The average Bonchev–Trinajstić information content (AvgIpc) is 2.78. The Morgan fingerprint density at radius 2 is 1.70 bits per heavy atom. The van der Waals surface area contributed by atoms with Gasteiger partial charge < -0.3 is 5.73 Å². The molecule has 0 aliphatic carbocycles. The molecule has 13 heteroatoms. The molecule has 0 radical (unpaired) electrons. The molecule has 5 N–H and O–H groups in total. The SMILES string of the molecule is NC(=O)c1cc(=O)n(-c2cc(S(=O)(=O)O)ccc2S(=O)(=O)O)[nH]1. The molecule has 2 aromatic rings. The molecule has 2 rings (SSSR count). The van der Waals surface area contributed by atoms with Gasteiger partial charge >= 0.3 is 0 Å². The Labute approximate surface area is 128 Å². The number of aromatic amines is 1. The zero-order chi connectivity index (χ0) is 17.6. The first-order valence-corrected chi connectivity index (χ1v) is 8.50. The molecule has 124 valence electrons. The van der Waals surface area contributed by atoms with E-state index in [0.717, 1.165) is 6.07 Å². The maximum absolute atomic E-state index is 11.8. The Balaban J connectivity index is 2.88. The Bertz CT molecular complexity index is 1060. The molecule has 1 heterocycles. The predicted octanol–water partition coefficient (Wildman–Crippen LogP) is -1.24. The number of aromatic nitrogens is 2. The normalized spacial score (nSPS) is 12.3. The average molecular weight is 363 g/mol. The molecule has 0 saturated carbocycles. The summed E-state index contributed by atoms with van der Waals surface area (Å²) in [5.74, 6) is -1.03. The van der Waals surface area contributed by atoms with Crippen LogP contribution in [-0.2, 0) is 20.2 Å². The Hall–Kier alpha value is -2.48. The van der Waals surface area contributed by atoms with Gasteiger partial charge in [0.1, 0.15) is 10.6 Å². The lowest BCUT2D eigenvalue weighted by atomic mass is 10.3. The third-order valence-electron chi connectivity index (χ3n) is 2.73. The highest BCUT2D eigenvalue weighted by Gasteiger charge is 2.22. The molecule has 0 spiro atoms. The van der Waals surface area contributed by atoms with Gasteiger partial charge in [0.2, 0.25) is 0 Å². The zero-order valence-corrected chi connectivity index (χ0v) is 12.6. The lowest BCUT2D eigenvalue weighted by Crippen LogP contribution is -2.18. The minimum atomic E-state index is -4.84. The van der Waals surface area contributed by atoms with Crippen molar-refractivity contribution in [2.75, 3.05) is 0 Å². The summed E-state index contributed by atoms with van der Waals surface area (Å²) in [5.41, 5.74) is 3.02. The number of rotatable bonds is 4. The number of benzene rings is 1. The third kappa shape index (κ3) is 3.31. The first-order chi connectivity index (χ1) is 10.4. The maximum Gasteiger partial charge on any atom is 0.296 e. The van der Waals surface area contributed by atoms with Gasteiger partial charge in [-0.3, -0.25) is 23.8 Å². The molecule has 0 fully saturated rings. The fraction of sp³-hybridized carbons (Fsp3) is 0. The van der Waals surface area contributed by atoms with Crippen molar-refractivity contribution in [2.45, 2.75) is 9.79 Å². The van der Waals surface area contributed by atoms with E-state index in [9.17, 15) is 31.0 Å². The second-order valence-electron chi connectivity index (χ2n) is 4.29. The van der Waals surface area contributed by atoms with E-state index in [0.29, 0.717) is 22.9 Å². The van der Waals surface area contributed by atoms with Crippen LogP contribution in [0.25, 0.3) is 5.69 Å². The smallest absolute Gasteiger partial charge is 0.296 e. The number of amides is 1. The summed E-state index contributed by atoms with van der Waals surface area (Å²) in [7, 11) is -9.56. The number of carbonyl (C=O) groups is 1. The van der Waals surface area contributed by atoms with Gasteiger partial charge in [-0.2, -0.15) is 16.8 Å². The minimum absolute atomic E-state index is 0.381. The van der Waals surface area contributed by atoms with E-state index in [-0.39, 0.29) is 5.69 Å². The van der Waals surface area contributed by atoms with Gasteiger partial charge in [0.05, 0.1) is 10.6 Å². The molecule has 1 amide bonds. The molecule has 23 heavy (non-hydrogen) atoms. The number of nitrogens with zero attached hydrogens (tertiary/aromatic N) is 1. The highest BCUT2D eigenvalue weighted by molar-refractivity contribution is 7.86. The quantitative estimate of drug-likeness (QED) is 0.485. The van der Waals surface area contributed by atoms with E-state index in [1.54, 1.807) is 0 Å². The fourth-order valence-corrected chi connectivity index (χ4v) is 2.91. The van der Waals surface area contributed by atoms with Crippen LogP contribution in [0.4, 0.5) is 0 Å². The first-order valence-electron chi connectivity index (χ1n) is 5.62. The van der Waals surface area contributed by atoms with Gasteiger partial charge in [0, 0.05) is 6.07 Å². The van der Waals surface area contributed by atoms with Crippen LogP contribution in [0.3, 0.4) is 0 Å². The van der Waals surface area contributed by atoms with Crippen molar-refractivity contribution >= 4 is 26.1 Å². The van der Waals surface area contributed by atoms with E-state index >= 15 is 0 Å². The van der Waals surface area contributed by atoms with Gasteiger partial charge in [-0.25, -0.2) is 4.68 Å². The van der Waals surface area contributed by atoms with E-state index in [4.69, 9.17) is 10.3 Å². The van der Waals surface area contributed by atoms with Crippen molar-refractivity contribution in [2.24, 2.45) is 5.73 Å². The van der Waals surface area contributed by atoms with Crippen molar-refractivity contribution in [3.8, 4) is 5.69 Å². The number of primary amides is 1. The van der Waals surface area contributed by atoms with Crippen molar-refractivity contribution < 1.29 is 30.7 Å². The molecule has 0 aliphatic rings. The first kappa shape index (κ1) is 16.9. The lowest BCUT2D eigenvalue weighted by molar-refractivity contribution is 0.0995. The largest absolute Gasteiger partial charge is 0.364 e. The summed E-state index contributed by atoms with van der Waals surface area (Å²) in [6.45, 7) is 0. The Morgan fingerprint density at radius 1 is 1.09 bits per heavy atom. The molecule has 0 aliphatic heterocycles. The second-order valence-corrected chi connectivity index (χ2v) is 7.10. The fourth-order valence-electron chi connectivity index (χ4n) is 1.75. The summed E-state index contributed by atoms with van der Waals surface area (Å²) >= 11 is 0. The summed E-state index contributed by atoms with van der Waals surface area (Å²) in [4.78, 5) is 21.3. The van der Waals surface area contributed by atoms with Gasteiger partial charge in [-0.15, -0.1) is 0 Å². The number of hydrogen-bond acceptors (Lipinski definition) is 6. The topological polar surface area (TPSA) is 190 Å². The molecule has 11 nitrogen and oxygen atoms in total. The summed E-state index contributed by atoms with van der Waals surface area (Å²) in [6.07, 6.45) is 0. The van der Waals surface area contributed by atoms with Crippen LogP contribution in [0, 0.1) is 0 Å². The van der Waals surface area contributed by atoms with Crippen LogP contribution in [0.15, 0.2) is 38.9 Å². The molecule has 1 aromatic carbocycles. The Kier molecular flexibility index (Phi) is 3.90. The van der Waals surface area contributed by atoms with Crippen molar-refractivity contribution in [1.82, 2.24) is 9.78 Å². The van der Waals surface area contributed by atoms with Gasteiger partial charge in [0.15, 0.2) is 0 Å². The maximum atomic E-state index is 11.8. The van der Waals surface area contributed by atoms with E-state index in [2.05, 4.69) is 5.10 Å². The minimum Gasteiger partial charge on any atom is -0.364 e. The van der Waals surface area contributed by atoms with Crippen LogP contribution >= 0.6 is 0 Å². The standard InChI is InChI=1S/C10H9N3O8S2/c11-10(15)6-4-9(14)13(12-6)7-3-5(22(16,17)18)1-2-8(7)23(19,20)21/h1-4,12H,(H2,11,15)(H,16,17,18)(H,19,20,21). The van der Waals surface area contributed by atoms with Crippen LogP contribution in [0.2, 0.25) is 0 Å².